The number of carbonyl (C=O) groups is 1. The van der Waals surface area contributed by atoms with Crippen LogP contribution in [0.5, 0.6) is 0 Å². The topological polar surface area (TPSA) is 26.3 Å². The number of esters is 1. The van der Waals surface area contributed by atoms with Gasteiger partial charge in [0.1, 0.15) is 0 Å². The van der Waals surface area contributed by atoms with Crippen molar-refractivity contribution in [1.29, 1.82) is 0 Å². The Morgan fingerprint density at radius 1 is 0.862 bits per heavy atom. The normalized spacial score (nSPS) is 16.3. The van der Waals surface area contributed by atoms with Crippen molar-refractivity contribution >= 4 is 5.97 Å². The lowest BCUT2D eigenvalue weighted by molar-refractivity contribution is 0.0502. The van der Waals surface area contributed by atoms with E-state index in [4.69, 9.17) is 4.74 Å². The summed E-state index contributed by atoms with van der Waals surface area (Å²) < 4.78 is 5.32. The van der Waals surface area contributed by atoms with Crippen LogP contribution in [0.15, 0.2) is 91.0 Å². The molecule has 1 aliphatic carbocycles. The molecular formula is C27H24O2. The van der Waals surface area contributed by atoms with Gasteiger partial charge in [-0.1, -0.05) is 84.8 Å². The number of rotatable bonds is 6. The minimum atomic E-state index is -0.270. The fourth-order valence-corrected chi connectivity index (χ4v) is 3.89. The first kappa shape index (κ1) is 19.0. The summed E-state index contributed by atoms with van der Waals surface area (Å²) >= 11 is 0. The van der Waals surface area contributed by atoms with E-state index in [1.165, 1.54) is 11.1 Å². The Labute approximate surface area is 172 Å². The van der Waals surface area contributed by atoms with Gasteiger partial charge < -0.3 is 4.74 Å². The molecule has 2 nitrogen and oxygen atoms in total. The Kier molecular flexibility index (Phi) is 5.77. The zero-order chi connectivity index (χ0) is 19.9. The van der Waals surface area contributed by atoms with Crippen LogP contribution in [-0.2, 0) is 10.2 Å². The molecule has 3 aromatic rings. The van der Waals surface area contributed by atoms with Gasteiger partial charge in [0, 0.05) is 17.8 Å². The molecule has 2 heteroatoms. The minimum Gasteiger partial charge on any atom is -0.462 e. The smallest absolute Gasteiger partial charge is 0.338 e. The zero-order valence-electron chi connectivity index (χ0n) is 16.4. The standard InChI is InChI=1S/C27H24O2/c28-26(22-13-5-1-6-14-22)29-20-12-4-11-19-25-21-27(25,23-15-7-2-8-16-23)24-17-9-3-10-18-24/h1-3,5-10,13-18,25H,4,12,20-21H2. The first-order valence-corrected chi connectivity index (χ1v) is 10.1. The Bertz CT molecular complexity index is 958. The van der Waals surface area contributed by atoms with Crippen LogP contribution in [0, 0.1) is 17.8 Å². The number of unbranched alkanes of at least 4 members (excludes halogenated alkanes) is 1. The molecule has 29 heavy (non-hydrogen) atoms. The van der Waals surface area contributed by atoms with Crippen LogP contribution < -0.4 is 0 Å². The van der Waals surface area contributed by atoms with Crippen molar-refractivity contribution in [2.24, 2.45) is 5.92 Å². The number of hydrogen-bond acceptors (Lipinski definition) is 2. The van der Waals surface area contributed by atoms with E-state index in [0.29, 0.717) is 18.1 Å². The maximum atomic E-state index is 11.9. The lowest BCUT2D eigenvalue weighted by Crippen LogP contribution is -2.11. The predicted octanol–water partition coefficient (Wildman–Crippen LogP) is 5.63. The highest BCUT2D eigenvalue weighted by molar-refractivity contribution is 5.89. The zero-order valence-corrected chi connectivity index (χ0v) is 16.4. The van der Waals surface area contributed by atoms with Crippen molar-refractivity contribution in [2.45, 2.75) is 24.7 Å². The van der Waals surface area contributed by atoms with Crippen LogP contribution in [0.4, 0.5) is 0 Å². The van der Waals surface area contributed by atoms with Crippen LogP contribution >= 0.6 is 0 Å². The Hall–Kier alpha value is -3.31. The van der Waals surface area contributed by atoms with Crippen LogP contribution in [0.2, 0.25) is 0 Å². The number of ether oxygens (including phenoxy) is 1. The molecule has 0 amide bonds. The molecule has 0 saturated heterocycles. The highest BCUT2D eigenvalue weighted by Gasteiger charge is 2.55. The second-order valence-corrected chi connectivity index (χ2v) is 7.39. The van der Waals surface area contributed by atoms with Crippen molar-refractivity contribution < 1.29 is 9.53 Å². The van der Waals surface area contributed by atoms with Gasteiger partial charge in [-0.15, -0.1) is 5.92 Å². The van der Waals surface area contributed by atoms with Crippen molar-refractivity contribution in [3.8, 4) is 11.8 Å². The predicted molar refractivity (Wildman–Crippen MR) is 116 cm³/mol. The third kappa shape index (κ3) is 4.25. The molecular weight excluding hydrogens is 356 g/mol. The summed E-state index contributed by atoms with van der Waals surface area (Å²) in [6.45, 7) is 0.398. The molecule has 1 aliphatic rings. The molecule has 0 aromatic heterocycles. The quantitative estimate of drug-likeness (QED) is 0.315. The largest absolute Gasteiger partial charge is 0.462 e. The number of benzene rings is 3. The maximum absolute atomic E-state index is 11.9. The Morgan fingerprint density at radius 3 is 2.00 bits per heavy atom. The van der Waals surface area contributed by atoms with E-state index in [1.807, 2.05) is 18.2 Å². The van der Waals surface area contributed by atoms with Crippen molar-refractivity contribution in [2.75, 3.05) is 6.61 Å². The third-order valence-electron chi connectivity index (χ3n) is 5.50. The molecule has 1 saturated carbocycles. The highest BCUT2D eigenvalue weighted by atomic mass is 16.5. The SMILES string of the molecule is O=C(OCCCC#CC1CC1(c1ccccc1)c1ccccc1)c1ccccc1. The maximum Gasteiger partial charge on any atom is 0.338 e. The molecule has 4 rings (SSSR count). The van der Waals surface area contributed by atoms with Crippen molar-refractivity contribution in [3.63, 3.8) is 0 Å². The molecule has 3 aromatic carbocycles. The van der Waals surface area contributed by atoms with E-state index in [-0.39, 0.29) is 11.4 Å². The first-order valence-electron chi connectivity index (χ1n) is 10.1. The van der Waals surface area contributed by atoms with Crippen LogP contribution in [-0.4, -0.2) is 12.6 Å². The van der Waals surface area contributed by atoms with E-state index in [9.17, 15) is 4.79 Å². The van der Waals surface area contributed by atoms with Crippen molar-refractivity contribution in [3.05, 3.63) is 108 Å². The molecule has 0 N–H and O–H groups in total. The second-order valence-electron chi connectivity index (χ2n) is 7.39. The van der Waals surface area contributed by atoms with E-state index < -0.39 is 0 Å². The van der Waals surface area contributed by atoms with Crippen molar-refractivity contribution in [1.82, 2.24) is 0 Å². The Morgan fingerprint density at radius 2 is 1.41 bits per heavy atom. The lowest BCUT2D eigenvalue weighted by atomic mass is 9.86. The van der Waals surface area contributed by atoms with Crippen LogP contribution in [0.3, 0.4) is 0 Å². The average Bonchev–Trinajstić information content (AvgIpc) is 3.53. The molecule has 0 radical (unpaired) electrons. The van der Waals surface area contributed by atoms with Gasteiger partial charge >= 0.3 is 5.97 Å². The van der Waals surface area contributed by atoms with Gasteiger partial charge in [-0.25, -0.2) is 4.79 Å². The fraction of sp³-hybridized carbons (Fsp3) is 0.222. The van der Waals surface area contributed by atoms with Crippen LogP contribution in [0.25, 0.3) is 0 Å². The van der Waals surface area contributed by atoms with Gasteiger partial charge in [0.05, 0.1) is 12.2 Å². The molecule has 0 bridgehead atoms. The summed E-state index contributed by atoms with van der Waals surface area (Å²) in [5.74, 6) is 6.85. The summed E-state index contributed by atoms with van der Waals surface area (Å²) in [6.07, 6.45) is 2.54. The fourth-order valence-electron chi connectivity index (χ4n) is 3.89. The molecule has 0 heterocycles. The Balaban J connectivity index is 1.33. The molecule has 0 aliphatic heterocycles. The van der Waals surface area contributed by atoms with Gasteiger partial charge in [-0.05, 0) is 36.1 Å². The average molecular weight is 380 g/mol. The summed E-state index contributed by atoms with van der Waals surface area (Å²) in [5.41, 5.74) is 3.27. The van der Waals surface area contributed by atoms with Gasteiger partial charge in [0.2, 0.25) is 0 Å². The third-order valence-corrected chi connectivity index (χ3v) is 5.50. The number of carbonyl (C=O) groups excluding carboxylic acids is 1. The molecule has 1 fully saturated rings. The second kappa shape index (κ2) is 8.80. The van der Waals surface area contributed by atoms with Gasteiger partial charge in [-0.3, -0.25) is 0 Å². The molecule has 144 valence electrons. The summed E-state index contributed by atoms with van der Waals surface area (Å²) in [4.78, 5) is 11.9. The summed E-state index contributed by atoms with van der Waals surface area (Å²) in [7, 11) is 0. The molecule has 1 unspecified atom stereocenters. The van der Waals surface area contributed by atoms with Gasteiger partial charge in [0.25, 0.3) is 0 Å². The number of hydrogen-bond donors (Lipinski definition) is 0. The van der Waals surface area contributed by atoms with E-state index in [0.717, 1.165) is 19.3 Å². The first-order chi connectivity index (χ1) is 14.3. The highest BCUT2D eigenvalue weighted by Crippen LogP contribution is 2.58. The summed E-state index contributed by atoms with van der Waals surface area (Å²) in [6, 6.07) is 30.4. The van der Waals surface area contributed by atoms with E-state index >= 15 is 0 Å². The minimum absolute atomic E-state index is 0.00922. The van der Waals surface area contributed by atoms with Crippen LogP contribution in [0.1, 0.15) is 40.7 Å². The monoisotopic (exact) mass is 380 g/mol. The lowest BCUT2D eigenvalue weighted by Gasteiger charge is -2.17. The summed E-state index contributed by atoms with van der Waals surface area (Å²) in [5, 5.41) is 0. The van der Waals surface area contributed by atoms with E-state index in [2.05, 4.69) is 72.5 Å². The van der Waals surface area contributed by atoms with Gasteiger partial charge in [-0.2, -0.15) is 0 Å². The van der Waals surface area contributed by atoms with Gasteiger partial charge in [0.15, 0.2) is 0 Å². The van der Waals surface area contributed by atoms with E-state index in [1.54, 1.807) is 12.1 Å². The molecule has 1 atom stereocenters. The molecule has 0 spiro atoms.